The van der Waals surface area contributed by atoms with Crippen LogP contribution in [0.2, 0.25) is 0 Å². The number of terminal acetylenes is 1. The Labute approximate surface area is 96.9 Å². The Balaban J connectivity index is 2.57. The van der Waals surface area contributed by atoms with Crippen molar-refractivity contribution in [2.24, 2.45) is 0 Å². The molecule has 0 aromatic heterocycles. The summed E-state index contributed by atoms with van der Waals surface area (Å²) >= 11 is 0. The average Bonchev–Trinajstić information content (AvgIpc) is 2.39. The zero-order valence-corrected chi connectivity index (χ0v) is 10.2. The van der Waals surface area contributed by atoms with Crippen LogP contribution in [0, 0.1) is 12.3 Å². The lowest BCUT2D eigenvalue weighted by Gasteiger charge is -2.26. The smallest absolute Gasteiger partial charge is 0.410 e. The fraction of sp³-hybridized carbons (Fsp3) is 0.750. The lowest BCUT2D eigenvalue weighted by atomic mass is 10.2. The molecule has 1 amide bonds. The van der Waals surface area contributed by atoms with Crippen LogP contribution >= 0.6 is 0 Å². The minimum absolute atomic E-state index is 0.321. The van der Waals surface area contributed by atoms with Crippen molar-refractivity contribution >= 4 is 6.09 Å². The second-order valence-corrected chi connectivity index (χ2v) is 4.81. The number of nitrogens with zero attached hydrogens (tertiary/aromatic N) is 1. The van der Waals surface area contributed by atoms with Crippen molar-refractivity contribution < 1.29 is 14.3 Å². The van der Waals surface area contributed by atoms with Crippen LogP contribution in [0.4, 0.5) is 4.79 Å². The first-order valence-electron chi connectivity index (χ1n) is 5.48. The monoisotopic (exact) mass is 225 g/mol. The third-order valence-electron chi connectivity index (χ3n) is 2.12. The van der Waals surface area contributed by atoms with Gasteiger partial charge in [0.25, 0.3) is 0 Å². The number of hydrogen-bond donors (Lipinski definition) is 0. The van der Waals surface area contributed by atoms with Gasteiger partial charge in [-0.25, -0.2) is 4.79 Å². The van der Waals surface area contributed by atoms with Crippen LogP contribution < -0.4 is 0 Å². The molecule has 0 radical (unpaired) electrons. The van der Waals surface area contributed by atoms with Crippen LogP contribution in [0.3, 0.4) is 0 Å². The minimum Gasteiger partial charge on any atom is -0.444 e. The molecule has 0 aliphatic carbocycles. The Morgan fingerprint density at radius 3 is 2.81 bits per heavy atom. The number of amides is 1. The summed E-state index contributed by atoms with van der Waals surface area (Å²) in [7, 11) is 0. The molecule has 1 aliphatic heterocycles. The Hall–Kier alpha value is -1.21. The summed E-state index contributed by atoms with van der Waals surface area (Å²) in [6.07, 6.45) is 5.45. The summed E-state index contributed by atoms with van der Waals surface area (Å²) in [4.78, 5) is 13.4. The van der Waals surface area contributed by atoms with Gasteiger partial charge in [0, 0.05) is 6.54 Å². The van der Waals surface area contributed by atoms with E-state index in [1.165, 1.54) is 0 Å². The Bertz CT molecular complexity index is 288. The van der Waals surface area contributed by atoms with Crippen molar-refractivity contribution in [3.8, 4) is 12.3 Å². The Morgan fingerprint density at radius 1 is 1.56 bits per heavy atom. The molecule has 16 heavy (non-hydrogen) atoms. The van der Waals surface area contributed by atoms with Crippen molar-refractivity contribution in [1.29, 1.82) is 0 Å². The molecular formula is C12H19NO3. The number of hydrogen-bond acceptors (Lipinski definition) is 3. The van der Waals surface area contributed by atoms with E-state index in [4.69, 9.17) is 15.9 Å². The highest BCUT2D eigenvalue weighted by atomic mass is 16.6. The second-order valence-electron chi connectivity index (χ2n) is 4.81. The standard InChI is InChI=1S/C12H19NO3/c1-5-10-9-13(7-6-8-15-10)11(14)16-12(2,3)4/h1,10H,6-9H2,2-4H3. The van der Waals surface area contributed by atoms with Gasteiger partial charge >= 0.3 is 6.09 Å². The molecule has 1 fully saturated rings. The van der Waals surface area contributed by atoms with E-state index in [-0.39, 0.29) is 12.2 Å². The van der Waals surface area contributed by atoms with Gasteiger partial charge < -0.3 is 14.4 Å². The topological polar surface area (TPSA) is 38.8 Å². The van der Waals surface area contributed by atoms with Crippen molar-refractivity contribution in [3.05, 3.63) is 0 Å². The highest BCUT2D eigenvalue weighted by Crippen LogP contribution is 2.12. The molecule has 0 aromatic rings. The van der Waals surface area contributed by atoms with Gasteiger partial charge in [0.1, 0.15) is 11.7 Å². The van der Waals surface area contributed by atoms with Gasteiger partial charge in [-0.3, -0.25) is 0 Å². The van der Waals surface area contributed by atoms with E-state index in [0.717, 1.165) is 6.42 Å². The van der Waals surface area contributed by atoms with E-state index in [1.54, 1.807) is 4.90 Å². The fourth-order valence-corrected chi connectivity index (χ4v) is 1.42. The van der Waals surface area contributed by atoms with Gasteiger partial charge in [0.05, 0.1) is 13.2 Å². The molecule has 1 unspecified atom stereocenters. The number of carbonyl (C=O) groups is 1. The zero-order chi connectivity index (χ0) is 12.2. The van der Waals surface area contributed by atoms with Gasteiger partial charge in [-0.1, -0.05) is 5.92 Å². The summed E-state index contributed by atoms with van der Waals surface area (Å²) in [5.41, 5.74) is -0.476. The number of ether oxygens (including phenoxy) is 2. The molecule has 0 bridgehead atoms. The highest BCUT2D eigenvalue weighted by molar-refractivity contribution is 5.68. The maximum Gasteiger partial charge on any atom is 0.410 e. The summed E-state index contributed by atoms with van der Waals surface area (Å²) in [6, 6.07) is 0. The van der Waals surface area contributed by atoms with E-state index in [9.17, 15) is 4.79 Å². The van der Waals surface area contributed by atoms with E-state index in [1.807, 2.05) is 20.8 Å². The Kier molecular flexibility index (Phi) is 4.19. The second kappa shape index (κ2) is 5.22. The molecule has 1 aliphatic rings. The zero-order valence-electron chi connectivity index (χ0n) is 10.2. The Morgan fingerprint density at radius 2 is 2.25 bits per heavy atom. The van der Waals surface area contributed by atoms with E-state index in [2.05, 4.69) is 5.92 Å². The molecule has 1 rings (SSSR count). The predicted molar refractivity (Wildman–Crippen MR) is 61.0 cm³/mol. The molecular weight excluding hydrogens is 206 g/mol. The van der Waals surface area contributed by atoms with Gasteiger partial charge in [-0.2, -0.15) is 0 Å². The van der Waals surface area contributed by atoms with E-state index in [0.29, 0.717) is 19.7 Å². The quantitative estimate of drug-likeness (QED) is 0.588. The maximum absolute atomic E-state index is 11.8. The number of rotatable bonds is 0. The van der Waals surface area contributed by atoms with Crippen LogP contribution in [0.25, 0.3) is 0 Å². The van der Waals surface area contributed by atoms with Crippen molar-refractivity contribution in [3.63, 3.8) is 0 Å². The largest absolute Gasteiger partial charge is 0.444 e. The molecule has 0 spiro atoms. The van der Waals surface area contributed by atoms with Crippen molar-refractivity contribution in [1.82, 2.24) is 4.90 Å². The average molecular weight is 225 g/mol. The van der Waals surface area contributed by atoms with Crippen LogP contribution in [-0.2, 0) is 9.47 Å². The van der Waals surface area contributed by atoms with E-state index >= 15 is 0 Å². The first-order chi connectivity index (χ1) is 7.42. The van der Waals surface area contributed by atoms with Crippen LogP contribution in [0.5, 0.6) is 0 Å². The summed E-state index contributed by atoms with van der Waals surface area (Å²) in [6.45, 7) is 7.17. The van der Waals surface area contributed by atoms with Gasteiger partial charge in [-0.15, -0.1) is 6.42 Å². The SMILES string of the molecule is C#CC1CN(C(=O)OC(C)(C)C)CCCO1. The van der Waals surface area contributed by atoms with Crippen molar-refractivity contribution in [2.75, 3.05) is 19.7 Å². The highest BCUT2D eigenvalue weighted by Gasteiger charge is 2.25. The summed E-state index contributed by atoms with van der Waals surface area (Å²) in [5, 5.41) is 0. The molecule has 1 saturated heterocycles. The minimum atomic E-state index is -0.476. The molecule has 1 atom stereocenters. The molecule has 0 aromatic carbocycles. The van der Waals surface area contributed by atoms with E-state index < -0.39 is 5.60 Å². The lowest BCUT2D eigenvalue weighted by molar-refractivity contribution is 0.0209. The van der Waals surface area contributed by atoms with Crippen LogP contribution in [0.15, 0.2) is 0 Å². The first-order valence-corrected chi connectivity index (χ1v) is 5.48. The van der Waals surface area contributed by atoms with Crippen LogP contribution in [0.1, 0.15) is 27.2 Å². The normalized spacial score (nSPS) is 22.1. The first kappa shape index (κ1) is 12.9. The van der Waals surface area contributed by atoms with Gasteiger partial charge in [0.15, 0.2) is 0 Å². The summed E-state index contributed by atoms with van der Waals surface area (Å²) < 4.78 is 10.7. The van der Waals surface area contributed by atoms with Crippen LogP contribution in [-0.4, -0.2) is 42.4 Å². The molecule has 4 heteroatoms. The van der Waals surface area contributed by atoms with Gasteiger partial charge in [0.2, 0.25) is 0 Å². The maximum atomic E-state index is 11.8. The molecule has 0 N–H and O–H groups in total. The number of carbonyl (C=O) groups excluding carboxylic acids is 1. The predicted octanol–water partition coefficient (Wildman–Crippen LogP) is 1.65. The molecule has 4 nitrogen and oxygen atoms in total. The molecule has 90 valence electrons. The fourth-order valence-electron chi connectivity index (χ4n) is 1.42. The summed E-state index contributed by atoms with van der Waals surface area (Å²) in [5.74, 6) is 2.52. The van der Waals surface area contributed by atoms with Gasteiger partial charge in [-0.05, 0) is 27.2 Å². The lowest BCUT2D eigenvalue weighted by Crippen LogP contribution is -2.40. The molecule has 0 saturated carbocycles. The third kappa shape index (κ3) is 4.11. The third-order valence-corrected chi connectivity index (χ3v) is 2.12. The van der Waals surface area contributed by atoms with Crippen molar-refractivity contribution in [2.45, 2.75) is 38.9 Å². The molecule has 1 heterocycles.